The molecular weight excluding hydrogens is 340 g/mol. The predicted molar refractivity (Wildman–Crippen MR) is 105 cm³/mol. The molecule has 1 aliphatic rings. The smallest absolute Gasteiger partial charge is 0.253 e. The van der Waals surface area contributed by atoms with Crippen molar-refractivity contribution in [1.29, 1.82) is 0 Å². The molecule has 2 aromatic heterocycles. The third-order valence-electron chi connectivity index (χ3n) is 5.10. The molecule has 1 atom stereocenters. The van der Waals surface area contributed by atoms with Gasteiger partial charge < -0.3 is 14.4 Å². The second-order valence-electron chi connectivity index (χ2n) is 7.65. The van der Waals surface area contributed by atoms with Crippen LogP contribution in [0.15, 0.2) is 18.3 Å². The molecule has 7 nitrogen and oxygen atoms in total. The van der Waals surface area contributed by atoms with Crippen LogP contribution in [0.5, 0.6) is 0 Å². The van der Waals surface area contributed by atoms with Gasteiger partial charge in [0, 0.05) is 43.5 Å². The fourth-order valence-corrected chi connectivity index (χ4v) is 3.71. The van der Waals surface area contributed by atoms with Crippen molar-refractivity contribution in [3.05, 3.63) is 41.2 Å². The van der Waals surface area contributed by atoms with E-state index in [4.69, 9.17) is 0 Å². The van der Waals surface area contributed by atoms with E-state index < -0.39 is 0 Å². The maximum absolute atomic E-state index is 13.0. The minimum Gasteiger partial charge on any atom is -0.338 e. The Bertz CT molecular complexity index is 785. The number of rotatable bonds is 6. The van der Waals surface area contributed by atoms with Gasteiger partial charge >= 0.3 is 0 Å². The summed E-state index contributed by atoms with van der Waals surface area (Å²) in [4.78, 5) is 21.4. The molecule has 3 heterocycles. The predicted octanol–water partition coefficient (Wildman–Crippen LogP) is 2.24. The molecule has 0 bridgehead atoms. The number of hydrogen-bond acceptors (Lipinski definition) is 5. The summed E-state index contributed by atoms with van der Waals surface area (Å²) in [6.45, 7) is 4.37. The highest BCUT2D eigenvalue weighted by molar-refractivity contribution is 5.94. The summed E-state index contributed by atoms with van der Waals surface area (Å²) in [6, 6.07) is 3.76. The van der Waals surface area contributed by atoms with Crippen molar-refractivity contribution in [2.45, 2.75) is 45.1 Å². The number of carbonyl (C=O) groups is 1. The van der Waals surface area contributed by atoms with E-state index in [1.165, 1.54) is 0 Å². The Morgan fingerprint density at radius 2 is 2.15 bits per heavy atom. The van der Waals surface area contributed by atoms with E-state index in [0.717, 1.165) is 61.7 Å². The zero-order chi connectivity index (χ0) is 19.4. The van der Waals surface area contributed by atoms with Crippen LogP contribution >= 0.6 is 0 Å². The van der Waals surface area contributed by atoms with Crippen LogP contribution in [0.3, 0.4) is 0 Å². The third-order valence-corrected chi connectivity index (χ3v) is 5.10. The Morgan fingerprint density at radius 3 is 2.89 bits per heavy atom. The molecule has 1 amide bonds. The van der Waals surface area contributed by atoms with Crippen LogP contribution < -0.4 is 0 Å². The highest BCUT2D eigenvalue weighted by Crippen LogP contribution is 2.27. The van der Waals surface area contributed by atoms with E-state index in [0.29, 0.717) is 6.54 Å². The highest BCUT2D eigenvalue weighted by atomic mass is 16.2. The van der Waals surface area contributed by atoms with Crippen molar-refractivity contribution in [2.75, 3.05) is 27.2 Å². The number of aryl methyl sites for hydroxylation is 1. The molecule has 1 fully saturated rings. The molecule has 0 radical (unpaired) electrons. The summed E-state index contributed by atoms with van der Waals surface area (Å²) in [6.07, 6.45) is 5.69. The summed E-state index contributed by atoms with van der Waals surface area (Å²) in [5.74, 6) is 2.26. The number of aromatic nitrogens is 4. The van der Waals surface area contributed by atoms with E-state index in [1.54, 1.807) is 6.20 Å². The molecule has 0 saturated carbocycles. The van der Waals surface area contributed by atoms with Crippen molar-refractivity contribution in [3.63, 3.8) is 0 Å². The van der Waals surface area contributed by atoms with Crippen molar-refractivity contribution in [2.24, 2.45) is 7.05 Å². The van der Waals surface area contributed by atoms with Gasteiger partial charge in [0.2, 0.25) is 0 Å². The molecule has 7 heteroatoms. The lowest BCUT2D eigenvalue weighted by Gasteiger charge is -2.32. The first-order valence-electron chi connectivity index (χ1n) is 9.76. The Morgan fingerprint density at radius 1 is 1.33 bits per heavy atom. The number of hydrogen-bond donors (Lipinski definition) is 0. The van der Waals surface area contributed by atoms with Crippen LogP contribution in [-0.4, -0.2) is 62.6 Å². The standard InChI is InChI=1S/C20H30N6O/c1-5-7-17-12-15(9-10-21-17)20(27)26-11-6-8-16(13-26)19-23-22-18(25(19)4)14-24(2)3/h9-10,12,16H,5-8,11,13-14H2,1-4H3/t16-/m0/s1. The number of nitrogens with zero attached hydrogens (tertiary/aromatic N) is 6. The van der Waals surface area contributed by atoms with Crippen molar-refractivity contribution in [3.8, 4) is 0 Å². The van der Waals surface area contributed by atoms with Gasteiger partial charge in [0.25, 0.3) is 5.91 Å². The molecule has 1 aliphatic heterocycles. The van der Waals surface area contributed by atoms with E-state index >= 15 is 0 Å². The second kappa shape index (κ2) is 8.61. The van der Waals surface area contributed by atoms with Crippen molar-refractivity contribution < 1.29 is 4.79 Å². The number of amides is 1. The first kappa shape index (κ1) is 19.5. The molecule has 0 unspecified atom stereocenters. The van der Waals surface area contributed by atoms with Gasteiger partial charge in [-0.25, -0.2) is 0 Å². The Kier molecular flexibility index (Phi) is 6.21. The molecule has 0 aromatic carbocycles. The monoisotopic (exact) mass is 370 g/mol. The Labute approximate surface area is 161 Å². The largest absolute Gasteiger partial charge is 0.338 e. The van der Waals surface area contributed by atoms with Gasteiger partial charge in [0.1, 0.15) is 11.6 Å². The van der Waals surface area contributed by atoms with Crippen molar-refractivity contribution in [1.82, 2.24) is 29.5 Å². The maximum atomic E-state index is 13.0. The lowest BCUT2D eigenvalue weighted by molar-refractivity contribution is 0.0703. The van der Waals surface area contributed by atoms with Crippen LogP contribution in [0.25, 0.3) is 0 Å². The molecule has 3 rings (SSSR count). The average molecular weight is 371 g/mol. The first-order chi connectivity index (χ1) is 13.0. The quantitative estimate of drug-likeness (QED) is 0.780. The molecule has 2 aromatic rings. The number of carbonyl (C=O) groups excluding carboxylic acids is 1. The topological polar surface area (TPSA) is 67.2 Å². The SMILES string of the molecule is CCCc1cc(C(=O)N2CCC[C@H](c3nnc(CN(C)C)n3C)C2)ccn1. The first-order valence-corrected chi connectivity index (χ1v) is 9.76. The normalized spacial score (nSPS) is 17.5. The third kappa shape index (κ3) is 4.53. The summed E-state index contributed by atoms with van der Waals surface area (Å²) in [5.41, 5.74) is 1.72. The van der Waals surface area contributed by atoms with Gasteiger partial charge in [-0.15, -0.1) is 10.2 Å². The van der Waals surface area contributed by atoms with Gasteiger partial charge in [-0.2, -0.15) is 0 Å². The summed E-state index contributed by atoms with van der Waals surface area (Å²) in [7, 11) is 6.07. The fourth-order valence-electron chi connectivity index (χ4n) is 3.71. The zero-order valence-electron chi connectivity index (χ0n) is 16.9. The van der Waals surface area contributed by atoms with E-state index in [1.807, 2.05) is 38.2 Å². The lowest BCUT2D eigenvalue weighted by atomic mass is 9.96. The molecule has 27 heavy (non-hydrogen) atoms. The average Bonchev–Trinajstić information content (AvgIpc) is 3.01. The van der Waals surface area contributed by atoms with Gasteiger partial charge in [-0.3, -0.25) is 9.78 Å². The molecule has 0 aliphatic carbocycles. The zero-order valence-corrected chi connectivity index (χ0v) is 16.9. The van der Waals surface area contributed by atoms with Gasteiger partial charge in [0.05, 0.1) is 6.54 Å². The number of likely N-dealkylation sites (tertiary alicyclic amines) is 1. The maximum Gasteiger partial charge on any atom is 0.253 e. The van der Waals surface area contributed by atoms with E-state index in [2.05, 4.69) is 31.6 Å². The number of pyridine rings is 1. The Balaban J connectivity index is 1.73. The minimum atomic E-state index is 0.0927. The van der Waals surface area contributed by atoms with Gasteiger partial charge in [0.15, 0.2) is 0 Å². The summed E-state index contributed by atoms with van der Waals surface area (Å²) >= 11 is 0. The molecule has 146 valence electrons. The summed E-state index contributed by atoms with van der Waals surface area (Å²) in [5, 5.41) is 8.79. The molecular formula is C20H30N6O. The molecule has 0 spiro atoms. The summed E-state index contributed by atoms with van der Waals surface area (Å²) < 4.78 is 2.09. The highest BCUT2D eigenvalue weighted by Gasteiger charge is 2.29. The minimum absolute atomic E-state index is 0.0927. The van der Waals surface area contributed by atoms with Crippen LogP contribution in [0.2, 0.25) is 0 Å². The number of piperidine rings is 1. The van der Waals surface area contributed by atoms with Crippen LogP contribution in [0.1, 0.15) is 59.8 Å². The van der Waals surface area contributed by atoms with E-state index in [9.17, 15) is 4.79 Å². The van der Waals surface area contributed by atoms with E-state index in [-0.39, 0.29) is 11.8 Å². The fraction of sp³-hybridized carbons (Fsp3) is 0.600. The van der Waals surface area contributed by atoms with Crippen LogP contribution in [-0.2, 0) is 20.0 Å². The van der Waals surface area contributed by atoms with Gasteiger partial charge in [-0.1, -0.05) is 13.3 Å². The molecule has 1 saturated heterocycles. The molecule has 0 N–H and O–H groups in total. The van der Waals surface area contributed by atoms with Crippen molar-refractivity contribution >= 4 is 5.91 Å². The Hall–Kier alpha value is -2.28. The van der Waals surface area contributed by atoms with Gasteiger partial charge in [-0.05, 0) is 45.5 Å². The lowest BCUT2D eigenvalue weighted by Crippen LogP contribution is -2.39. The second-order valence-corrected chi connectivity index (χ2v) is 7.65. The van der Waals surface area contributed by atoms with Crippen LogP contribution in [0.4, 0.5) is 0 Å². The van der Waals surface area contributed by atoms with Crippen LogP contribution in [0, 0.1) is 0 Å².